The minimum absolute atomic E-state index is 0.671. The van der Waals surface area contributed by atoms with Crippen LogP contribution in [0.25, 0.3) is 6.08 Å². The molecule has 0 bridgehead atoms. The molecule has 0 fully saturated rings. The molecule has 0 aliphatic heterocycles. The van der Waals surface area contributed by atoms with Gasteiger partial charge in [-0.1, -0.05) is 60.7 Å². The second-order valence-corrected chi connectivity index (χ2v) is 4.66. The molecule has 1 nitrogen and oxygen atoms in total. The van der Waals surface area contributed by atoms with Gasteiger partial charge in [-0.15, -0.1) is 0 Å². The molecule has 0 atom stereocenters. The molecule has 0 N–H and O–H groups in total. The summed E-state index contributed by atoms with van der Waals surface area (Å²) in [6.45, 7) is 2.11. The number of nitriles is 1. The fraction of sp³-hybridized carbons (Fsp3) is 0.105. The molecule has 0 radical (unpaired) electrons. The Balaban J connectivity index is 2.08. The van der Waals surface area contributed by atoms with Crippen molar-refractivity contribution in [3.63, 3.8) is 0 Å². The summed E-state index contributed by atoms with van der Waals surface area (Å²) in [7, 11) is 0. The van der Waals surface area contributed by atoms with E-state index in [9.17, 15) is 0 Å². The molecule has 2 aromatic carbocycles. The Bertz CT molecular complexity index is 658. The lowest BCUT2D eigenvalue weighted by atomic mass is 10.0. The highest BCUT2D eigenvalue weighted by Crippen LogP contribution is 2.10. The second kappa shape index (κ2) is 7.11. The minimum atomic E-state index is 0.671. The highest BCUT2D eigenvalue weighted by molar-refractivity contribution is 5.60. The summed E-state index contributed by atoms with van der Waals surface area (Å²) in [5, 5.41) is 9.17. The summed E-state index contributed by atoms with van der Waals surface area (Å²) in [5.74, 6) is 0. The van der Waals surface area contributed by atoms with Gasteiger partial charge in [0.1, 0.15) is 0 Å². The summed E-state index contributed by atoms with van der Waals surface area (Å²) in [5.41, 5.74) is 4.29. The van der Waals surface area contributed by atoms with Crippen LogP contribution in [0, 0.1) is 18.3 Å². The van der Waals surface area contributed by atoms with Gasteiger partial charge in [-0.2, -0.15) is 5.26 Å². The molecule has 0 heterocycles. The number of benzene rings is 2. The Morgan fingerprint density at radius 2 is 1.75 bits per heavy atom. The van der Waals surface area contributed by atoms with E-state index in [2.05, 4.69) is 25.1 Å². The molecular formula is C19H17N. The van der Waals surface area contributed by atoms with Crippen molar-refractivity contribution in [1.29, 1.82) is 5.26 Å². The minimum Gasteiger partial charge on any atom is -0.192 e. The van der Waals surface area contributed by atoms with E-state index in [0.29, 0.717) is 5.57 Å². The van der Waals surface area contributed by atoms with E-state index >= 15 is 0 Å². The predicted octanol–water partition coefficient (Wildman–Crippen LogP) is 4.70. The number of rotatable bonds is 4. The van der Waals surface area contributed by atoms with Crippen molar-refractivity contribution >= 4 is 6.08 Å². The molecule has 0 saturated heterocycles. The molecule has 20 heavy (non-hydrogen) atoms. The third-order valence-corrected chi connectivity index (χ3v) is 3.15. The van der Waals surface area contributed by atoms with Crippen LogP contribution >= 0.6 is 0 Å². The van der Waals surface area contributed by atoms with Gasteiger partial charge in [0, 0.05) is 0 Å². The van der Waals surface area contributed by atoms with Crippen LogP contribution in [0.2, 0.25) is 0 Å². The standard InChI is InChI=1S/C19H17N/c1-16-8-5-6-12-19(16)13-7-11-18(15-20)14-17-9-3-2-4-10-17/h2-12,14H,13H2,1H3/b11-7+,18-14-. The lowest BCUT2D eigenvalue weighted by Crippen LogP contribution is -1.85. The van der Waals surface area contributed by atoms with Crippen molar-refractivity contribution in [2.75, 3.05) is 0 Å². The summed E-state index contributed by atoms with van der Waals surface area (Å²) in [6.07, 6.45) is 6.68. The highest BCUT2D eigenvalue weighted by atomic mass is 14.2. The van der Waals surface area contributed by atoms with Crippen LogP contribution in [-0.2, 0) is 6.42 Å². The van der Waals surface area contributed by atoms with Crippen molar-refractivity contribution < 1.29 is 0 Å². The fourth-order valence-electron chi connectivity index (χ4n) is 2.00. The molecular weight excluding hydrogens is 242 g/mol. The number of nitrogens with zero attached hydrogens (tertiary/aromatic N) is 1. The Morgan fingerprint density at radius 1 is 1.05 bits per heavy atom. The van der Waals surface area contributed by atoms with Gasteiger partial charge >= 0.3 is 0 Å². The van der Waals surface area contributed by atoms with Gasteiger partial charge in [-0.25, -0.2) is 0 Å². The van der Waals surface area contributed by atoms with Gasteiger partial charge in [0.25, 0.3) is 0 Å². The lowest BCUT2D eigenvalue weighted by Gasteiger charge is -2.00. The van der Waals surface area contributed by atoms with Crippen LogP contribution in [0.3, 0.4) is 0 Å². The quantitative estimate of drug-likeness (QED) is 0.576. The highest BCUT2D eigenvalue weighted by Gasteiger charge is 1.95. The first-order chi connectivity index (χ1) is 9.79. The maximum Gasteiger partial charge on any atom is 0.0991 e. The Morgan fingerprint density at radius 3 is 2.45 bits per heavy atom. The normalized spacial score (nSPS) is 11.5. The van der Waals surface area contributed by atoms with Crippen molar-refractivity contribution in [2.24, 2.45) is 0 Å². The molecule has 0 saturated carbocycles. The summed E-state index contributed by atoms with van der Waals surface area (Å²) in [4.78, 5) is 0. The molecule has 0 spiro atoms. The summed E-state index contributed by atoms with van der Waals surface area (Å²) >= 11 is 0. The van der Waals surface area contributed by atoms with E-state index in [1.165, 1.54) is 11.1 Å². The zero-order valence-corrected chi connectivity index (χ0v) is 11.6. The monoisotopic (exact) mass is 259 g/mol. The smallest absolute Gasteiger partial charge is 0.0991 e. The van der Waals surface area contributed by atoms with E-state index in [0.717, 1.165) is 12.0 Å². The van der Waals surface area contributed by atoms with E-state index in [1.807, 2.05) is 60.7 Å². The number of aryl methyl sites for hydroxylation is 1. The lowest BCUT2D eigenvalue weighted by molar-refractivity contribution is 1.21. The average molecular weight is 259 g/mol. The zero-order valence-electron chi connectivity index (χ0n) is 11.6. The van der Waals surface area contributed by atoms with Gasteiger partial charge in [-0.05, 0) is 42.2 Å². The third kappa shape index (κ3) is 3.96. The van der Waals surface area contributed by atoms with Gasteiger partial charge in [0.05, 0.1) is 11.6 Å². The first-order valence-electron chi connectivity index (χ1n) is 6.67. The third-order valence-electron chi connectivity index (χ3n) is 3.15. The largest absolute Gasteiger partial charge is 0.192 e. The molecule has 1 heteroatoms. The summed E-state index contributed by atoms with van der Waals surface area (Å²) in [6, 6.07) is 20.4. The van der Waals surface area contributed by atoms with Crippen molar-refractivity contribution in [1.82, 2.24) is 0 Å². The van der Waals surface area contributed by atoms with Crippen molar-refractivity contribution in [3.8, 4) is 6.07 Å². The molecule has 0 aromatic heterocycles. The zero-order chi connectivity index (χ0) is 14.2. The molecule has 0 aliphatic carbocycles. The number of hydrogen-bond donors (Lipinski definition) is 0. The van der Waals surface area contributed by atoms with Crippen molar-refractivity contribution in [2.45, 2.75) is 13.3 Å². The Hall–Kier alpha value is -2.59. The van der Waals surface area contributed by atoms with Gasteiger partial charge in [-0.3, -0.25) is 0 Å². The van der Waals surface area contributed by atoms with Crippen LogP contribution in [-0.4, -0.2) is 0 Å². The Labute approximate surface area is 120 Å². The van der Waals surface area contributed by atoms with Gasteiger partial charge < -0.3 is 0 Å². The second-order valence-electron chi connectivity index (χ2n) is 4.66. The first-order valence-corrected chi connectivity index (χ1v) is 6.67. The van der Waals surface area contributed by atoms with Crippen LogP contribution in [0.1, 0.15) is 16.7 Å². The Kier molecular flexibility index (Phi) is 4.92. The average Bonchev–Trinajstić information content (AvgIpc) is 2.49. The number of allylic oxidation sites excluding steroid dienone is 3. The van der Waals surface area contributed by atoms with E-state index < -0.39 is 0 Å². The maximum atomic E-state index is 9.17. The number of hydrogen-bond acceptors (Lipinski definition) is 1. The topological polar surface area (TPSA) is 23.8 Å². The van der Waals surface area contributed by atoms with E-state index in [1.54, 1.807) is 0 Å². The molecule has 0 amide bonds. The van der Waals surface area contributed by atoms with Crippen LogP contribution in [0.15, 0.2) is 72.3 Å². The maximum absolute atomic E-state index is 9.17. The van der Waals surface area contributed by atoms with Crippen LogP contribution in [0.4, 0.5) is 0 Å². The molecule has 0 aliphatic rings. The van der Waals surface area contributed by atoms with Crippen LogP contribution < -0.4 is 0 Å². The van der Waals surface area contributed by atoms with E-state index in [4.69, 9.17) is 5.26 Å². The van der Waals surface area contributed by atoms with E-state index in [-0.39, 0.29) is 0 Å². The van der Waals surface area contributed by atoms with Gasteiger partial charge in [0.2, 0.25) is 0 Å². The predicted molar refractivity (Wildman–Crippen MR) is 84.1 cm³/mol. The van der Waals surface area contributed by atoms with Crippen molar-refractivity contribution in [3.05, 3.63) is 89.0 Å². The molecule has 98 valence electrons. The first kappa shape index (κ1) is 13.8. The van der Waals surface area contributed by atoms with Gasteiger partial charge in [0.15, 0.2) is 0 Å². The molecule has 2 rings (SSSR count). The molecule has 0 unspecified atom stereocenters. The fourth-order valence-corrected chi connectivity index (χ4v) is 2.00. The molecule has 2 aromatic rings. The van der Waals surface area contributed by atoms with Crippen LogP contribution in [0.5, 0.6) is 0 Å². The SMILES string of the molecule is Cc1ccccc1C/C=C/C(C#N)=C/c1ccccc1. The summed E-state index contributed by atoms with van der Waals surface area (Å²) < 4.78 is 0.